The van der Waals surface area contributed by atoms with Crippen LogP contribution < -0.4 is 0 Å². The third kappa shape index (κ3) is 9.19. The number of rotatable bonds is 6. The van der Waals surface area contributed by atoms with E-state index in [9.17, 15) is 30.0 Å². The number of hydrogen-bond acceptors (Lipinski definition) is 13. The molecule has 16 atom stereocenters. The van der Waals surface area contributed by atoms with E-state index in [1.807, 2.05) is 13.8 Å². The van der Waals surface area contributed by atoms with Crippen LogP contribution in [-0.2, 0) is 42.7 Å². The quantitative estimate of drug-likeness (QED) is 0.236. The summed E-state index contributed by atoms with van der Waals surface area (Å²) in [4.78, 5) is 25.9. The van der Waals surface area contributed by atoms with Crippen molar-refractivity contribution in [1.82, 2.24) is 0 Å². The number of epoxide rings is 1. The highest BCUT2D eigenvalue weighted by molar-refractivity contribution is 5.91. The average Bonchev–Trinajstić information content (AvgIpc) is 3.76. The van der Waals surface area contributed by atoms with Crippen LogP contribution in [0.15, 0.2) is 24.3 Å². The summed E-state index contributed by atoms with van der Waals surface area (Å²) in [6.07, 6.45) is -3.26. The molecule has 0 aromatic carbocycles. The highest BCUT2D eigenvalue weighted by Crippen LogP contribution is 2.36. The van der Waals surface area contributed by atoms with Gasteiger partial charge >= 0.3 is 5.97 Å². The van der Waals surface area contributed by atoms with E-state index in [2.05, 4.69) is 0 Å². The number of allylic oxidation sites excluding steroid dienone is 1. The number of carbonyl (C=O) groups is 2. The van der Waals surface area contributed by atoms with Crippen LogP contribution in [0.3, 0.4) is 0 Å². The van der Waals surface area contributed by atoms with Crippen LogP contribution in [0, 0.1) is 17.8 Å². The van der Waals surface area contributed by atoms with Crippen LogP contribution >= 0.6 is 0 Å². The maximum atomic E-state index is 13.0. The van der Waals surface area contributed by atoms with Crippen molar-refractivity contribution in [2.24, 2.45) is 17.8 Å². The predicted octanol–water partition coefficient (Wildman–Crippen LogP) is 0.789. The number of cyclic esters (lactones) is 1. The van der Waals surface area contributed by atoms with Gasteiger partial charge in [0.2, 0.25) is 0 Å². The molecule has 0 bridgehead atoms. The van der Waals surface area contributed by atoms with Gasteiger partial charge in [-0.3, -0.25) is 4.79 Å². The minimum atomic E-state index is -1.26. The van der Waals surface area contributed by atoms with Crippen molar-refractivity contribution < 1.29 is 63.2 Å². The summed E-state index contributed by atoms with van der Waals surface area (Å²) in [5, 5.41) is 41.7. The number of hydrogen-bond donors (Lipinski definition) is 4. The smallest absolute Gasteiger partial charge is 0.330 e. The lowest BCUT2D eigenvalue weighted by molar-refractivity contribution is -0.300. The molecule has 4 aliphatic rings. The number of ether oxygens (including phenoxy) is 7. The fourth-order valence-corrected chi connectivity index (χ4v) is 6.09. The molecule has 256 valence electrons. The second kappa shape index (κ2) is 15.9. The molecule has 4 heterocycles. The van der Waals surface area contributed by atoms with Crippen LogP contribution in [-0.4, -0.2) is 126 Å². The van der Waals surface area contributed by atoms with Gasteiger partial charge in [0.05, 0.1) is 37.1 Å². The number of fused-ring (bicyclic) bond motifs is 1. The first kappa shape index (κ1) is 36.1. The van der Waals surface area contributed by atoms with E-state index >= 15 is 0 Å². The molecule has 0 aliphatic carbocycles. The van der Waals surface area contributed by atoms with Crippen LogP contribution in [0.4, 0.5) is 0 Å². The van der Waals surface area contributed by atoms with Crippen LogP contribution in [0.2, 0.25) is 0 Å². The molecule has 13 nitrogen and oxygen atoms in total. The molecule has 4 N–H and O–H groups in total. The van der Waals surface area contributed by atoms with Gasteiger partial charge in [0.1, 0.15) is 36.6 Å². The lowest BCUT2D eigenvalue weighted by Crippen LogP contribution is -2.58. The minimum absolute atomic E-state index is 0.0151. The second-order valence-electron chi connectivity index (χ2n) is 12.8. The van der Waals surface area contributed by atoms with Crippen molar-refractivity contribution in [2.75, 3.05) is 13.7 Å². The van der Waals surface area contributed by atoms with E-state index in [0.29, 0.717) is 12.8 Å². The minimum Gasteiger partial charge on any atom is -0.459 e. The molecular weight excluding hydrogens is 592 g/mol. The Hall–Kier alpha value is -1.78. The van der Waals surface area contributed by atoms with Gasteiger partial charge in [0.15, 0.2) is 18.4 Å². The Morgan fingerprint density at radius 1 is 0.844 bits per heavy atom. The van der Waals surface area contributed by atoms with E-state index in [0.717, 1.165) is 0 Å². The van der Waals surface area contributed by atoms with E-state index in [4.69, 9.17) is 33.2 Å². The fraction of sp³-hybridized carbons (Fsp3) is 0.812. The highest BCUT2D eigenvalue weighted by atomic mass is 16.7. The summed E-state index contributed by atoms with van der Waals surface area (Å²) in [5.41, 5.74) is 0. The molecule has 0 spiro atoms. The number of esters is 1. The van der Waals surface area contributed by atoms with Crippen molar-refractivity contribution in [3.05, 3.63) is 24.3 Å². The molecule has 13 heteroatoms. The van der Waals surface area contributed by atoms with E-state index in [1.54, 1.807) is 32.9 Å². The zero-order chi connectivity index (χ0) is 33.0. The summed E-state index contributed by atoms with van der Waals surface area (Å²) in [6, 6.07) is 0. The summed E-state index contributed by atoms with van der Waals surface area (Å²) in [6.45, 7) is 8.81. The molecule has 45 heavy (non-hydrogen) atoms. The third-order valence-electron chi connectivity index (χ3n) is 9.26. The van der Waals surface area contributed by atoms with E-state index < -0.39 is 85.5 Å². The molecule has 3 fully saturated rings. The van der Waals surface area contributed by atoms with Gasteiger partial charge in [-0.1, -0.05) is 19.9 Å². The average molecular weight is 643 g/mol. The highest BCUT2D eigenvalue weighted by Gasteiger charge is 2.49. The number of aliphatic hydroxyl groups excluding tert-OH is 4. The van der Waals surface area contributed by atoms with Crippen LogP contribution in [0.25, 0.3) is 0 Å². The van der Waals surface area contributed by atoms with Crippen molar-refractivity contribution in [3.8, 4) is 0 Å². The largest absolute Gasteiger partial charge is 0.459 e. The maximum absolute atomic E-state index is 13.0. The van der Waals surface area contributed by atoms with Gasteiger partial charge in [-0.15, -0.1) is 0 Å². The van der Waals surface area contributed by atoms with Crippen LogP contribution in [0.5, 0.6) is 0 Å². The van der Waals surface area contributed by atoms with Gasteiger partial charge in [-0.2, -0.15) is 0 Å². The third-order valence-corrected chi connectivity index (χ3v) is 9.26. The van der Waals surface area contributed by atoms with Crippen LogP contribution in [0.1, 0.15) is 53.9 Å². The first-order valence-electron chi connectivity index (χ1n) is 15.9. The van der Waals surface area contributed by atoms with Gasteiger partial charge in [0, 0.05) is 37.4 Å². The topological polar surface area (TPSA) is 183 Å². The van der Waals surface area contributed by atoms with Crippen molar-refractivity contribution in [3.63, 3.8) is 0 Å². The molecule has 4 aliphatic heterocycles. The first-order valence-corrected chi connectivity index (χ1v) is 15.9. The SMILES string of the molecule is CO[C@H]1[C@@H](O)[C@H](OC[C@H]2[C@@H]3O[C@H]3/C=C/C(=O)[C@H](C)CC[C@H](O[C@@H]3O[C@H](C)C[C@H](O)[C@H]3O)[C@@H](C)/C=C/C(=O)O[C@@H]2C)O[C@H](C)[C@H]1O. The van der Waals surface area contributed by atoms with Crippen molar-refractivity contribution >= 4 is 11.8 Å². The normalized spacial score (nSPS) is 48.2. The maximum Gasteiger partial charge on any atom is 0.330 e. The Labute approximate surface area is 264 Å². The number of methoxy groups -OCH3 is 1. The molecule has 4 rings (SSSR count). The number of ketones is 1. The molecular formula is C32H50O13. The Kier molecular flexibility index (Phi) is 12.7. The molecule has 0 saturated carbocycles. The Bertz CT molecular complexity index is 1050. The van der Waals surface area contributed by atoms with E-state index in [1.165, 1.54) is 19.3 Å². The molecule has 0 amide bonds. The molecule has 0 aromatic heterocycles. The van der Waals surface area contributed by atoms with Gasteiger partial charge in [-0.25, -0.2) is 4.79 Å². The molecule has 0 unspecified atom stereocenters. The zero-order valence-electron chi connectivity index (χ0n) is 26.8. The summed E-state index contributed by atoms with van der Waals surface area (Å²) in [7, 11) is 1.38. The molecule has 0 radical (unpaired) electrons. The van der Waals surface area contributed by atoms with E-state index in [-0.39, 0.29) is 36.8 Å². The lowest BCUT2D eigenvalue weighted by Gasteiger charge is -2.41. The summed E-state index contributed by atoms with van der Waals surface area (Å²) < 4.78 is 40.4. The van der Waals surface area contributed by atoms with Gasteiger partial charge in [-0.05, 0) is 45.8 Å². The predicted molar refractivity (Wildman–Crippen MR) is 157 cm³/mol. The lowest BCUT2D eigenvalue weighted by atomic mass is 9.92. The standard InChI is InChI=1S/C32H50O13/c1-15-7-10-23(45-32-27(37)22(34)13-17(3)41-32)16(2)8-12-25(35)42-18(4)20(29-24(44-29)11-9-21(15)33)14-40-31-28(38)30(39-6)26(36)19(5)43-31/h8-9,11-12,15-20,22-24,26-32,34,36-38H,7,10,13-14H2,1-6H3/b11-9+,12-8+/t15-,16+,17-,18-,19-,20-,22+,23+,24+,26-,27-,28-,29+,30-,31-,32+/m1/s1. The van der Waals surface area contributed by atoms with Crippen molar-refractivity contribution in [1.29, 1.82) is 0 Å². The second-order valence-corrected chi connectivity index (χ2v) is 12.8. The zero-order valence-corrected chi connectivity index (χ0v) is 26.8. The van der Waals surface area contributed by atoms with Crippen molar-refractivity contribution in [2.45, 2.75) is 134 Å². The monoisotopic (exact) mass is 642 g/mol. The molecule has 3 saturated heterocycles. The molecule has 0 aromatic rings. The number of carbonyl (C=O) groups excluding carboxylic acids is 2. The summed E-state index contributed by atoms with van der Waals surface area (Å²) in [5.74, 6) is -1.84. The first-order chi connectivity index (χ1) is 21.3. The fourth-order valence-electron chi connectivity index (χ4n) is 6.09. The Balaban J connectivity index is 1.48. The Morgan fingerprint density at radius 3 is 2.29 bits per heavy atom. The summed E-state index contributed by atoms with van der Waals surface area (Å²) >= 11 is 0. The van der Waals surface area contributed by atoms with Gasteiger partial charge < -0.3 is 53.6 Å². The number of aliphatic hydroxyl groups is 4. The van der Waals surface area contributed by atoms with Gasteiger partial charge in [0.25, 0.3) is 0 Å². The Morgan fingerprint density at radius 2 is 1.58 bits per heavy atom.